The van der Waals surface area contributed by atoms with Crippen molar-refractivity contribution in [1.82, 2.24) is 14.8 Å². The summed E-state index contributed by atoms with van der Waals surface area (Å²) in [5.41, 5.74) is 2.20. The molecular weight excluding hydrogens is 422 g/mol. The van der Waals surface area contributed by atoms with E-state index in [2.05, 4.69) is 49.9 Å². The first-order valence-corrected chi connectivity index (χ1v) is 13.5. The van der Waals surface area contributed by atoms with Crippen LogP contribution in [-0.2, 0) is 5.41 Å². The number of rotatable bonds is 15. The van der Waals surface area contributed by atoms with Crippen molar-refractivity contribution < 1.29 is 9.53 Å². The number of benzene rings is 1. The van der Waals surface area contributed by atoms with Gasteiger partial charge in [0.2, 0.25) is 5.91 Å². The fourth-order valence-corrected chi connectivity index (χ4v) is 4.08. The predicted octanol–water partition coefficient (Wildman–Crippen LogP) is 8.37. The van der Waals surface area contributed by atoms with Crippen molar-refractivity contribution >= 4 is 5.91 Å². The molecule has 0 fully saturated rings. The number of nitrogens with zero attached hydrogens (tertiary/aromatic N) is 3. The quantitative estimate of drug-likeness (QED) is 0.246. The number of carbonyl (C=O) groups is 1. The van der Waals surface area contributed by atoms with E-state index in [9.17, 15) is 4.79 Å². The highest BCUT2D eigenvalue weighted by atomic mass is 16.5. The Hall–Kier alpha value is -2.17. The van der Waals surface area contributed by atoms with Crippen LogP contribution in [0.25, 0.3) is 11.4 Å². The van der Waals surface area contributed by atoms with E-state index >= 15 is 0 Å². The standard InChI is InChI=1S/C29H47N3O2/c1-7-8-9-10-11-12-13-14-15-16-17-18-26(33)32-27(30-28(31-32)34-23(2)3)24-19-21-25(22-20-24)29(4,5)6/h19-23H,7-18H2,1-6H3. The van der Waals surface area contributed by atoms with Gasteiger partial charge in [0.25, 0.3) is 0 Å². The second-order valence-electron chi connectivity index (χ2n) is 10.8. The number of carbonyl (C=O) groups excluding carboxylic acids is 1. The molecule has 1 heterocycles. The summed E-state index contributed by atoms with van der Waals surface area (Å²) in [5.74, 6) is 0.543. The minimum Gasteiger partial charge on any atom is -0.460 e. The maximum atomic E-state index is 13.0. The van der Waals surface area contributed by atoms with Crippen LogP contribution < -0.4 is 4.74 Å². The van der Waals surface area contributed by atoms with Gasteiger partial charge >= 0.3 is 6.01 Å². The average molecular weight is 470 g/mol. The van der Waals surface area contributed by atoms with E-state index in [1.54, 1.807) is 0 Å². The Balaban J connectivity index is 1.89. The van der Waals surface area contributed by atoms with Gasteiger partial charge in [-0.05, 0) is 31.2 Å². The number of aromatic nitrogens is 3. The van der Waals surface area contributed by atoms with Crippen LogP contribution in [0.1, 0.15) is 129 Å². The molecule has 5 heteroatoms. The number of hydrogen-bond acceptors (Lipinski definition) is 4. The van der Waals surface area contributed by atoms with Crippen LogP contribution in [0, 0.1) is 0 Å². The fraction of sp³-hybridized carbons (Fsp3) is 0.690. The van der Waals surface area contributed by atoms with Crippen LogP contribution in [0.5, 0.6) is 6.01 Å². The van der Waals surface area contributed by atoms with Crippen LogP contribution >= 0.6 is 0 Å². The lowest BCUT2D eigenvalue weighted by molar-refractivity contribution is 0.0881. The summed E-state index contributed by atoms with van der Waals surface area (Å²) < 4.78 is 7.15. The van der Waals surface area contributed by atoms with E-state index in [-0.39, 0.29) is 23.4 Å². The van der Waals surface area contributed by atoms with Gasteiger partial charge in [0.15, 0.2) is 5.82 Å². The molecule has 0 atom stereocenters. The molecule has 0 unspecified atom stereocenters. The van der Waals surface area contributed by atoms with E-state index in [4.69, 9.17) is 4.74 Å². The lowest BCUT2D eigenvalue weighted by Crippen LogP contribution is -2.15. The molecule has 0 aliphatic carbocycles. The molecule has 0 spiro atoms. The van der Waals surface area contributed by atoms with Gasteiger partial charge in [-0.3, -0.25) is 4.79 Å². The van der Waals surface area contributed by atoms with Crippen molar-refractivity contribution in [2.24, 2.45) is 0 Å². The highest BCUT2D eigenvalue weighted by molar-refractivity contribution is 5.82. The van der Waals surface area contributed by atoms with Gasteiger partial charge in [0.05, 0.1) is 6.10 Å². The van der Waals surface area contributed by atoms with Crippen LogP contribution in [0.3, 0.4) is 0 Å². The van der Waals surface area contributed by atoms with Crippen LogP contribution in [-0.4, -0.2) is 26.8 Å². The van der Waals surface area contributed by atoms with Crippen molar-refractivity contribution in [2.45, 2.75) is 130 Å². The monoisotopic (exact) mass is 469 g/mol. The molecule has 5 nitrogen and oxygen atoms in total. The van der Waals surface area contributed by atoms with E-state index in [0.717, 1.165) is 18.4 Å². The predicted molar refractivity (Wildman–Crippen MR) is 142 cm³/mol. The van der Waals surface area contributed by atoms with Gasteiger partial charge in [0.1, 0.15) is 0 Å². The Morgan fingerprint density at radius 2 is 1.41 bits per heavy atom. The molecule has 0 aliphatic rings. The van der Waals surface area contributed by atoms with E-state index in [0.29, 0.717) is 12.2 Å². The highest BCUT2D eigenvalue weighted by Crippen LogP contribution is 2.27. The van der Waals surface area contributed by atoms with Crippen LogP contribution in [0.2, 0.25) is 0 Å². The molecule has 34 heavy (non-hydrogen) atoms. The molecule has 190 valence electrons. The molecule has 0 N–H and O–H groups in total. The van der Waals surface area contributed by atoms with Crippen molar-refractivity contribution in [3.05, 3.63) is 29.8 Å². The number of ether oxygens (including phenoxy) is 1. The minimum atomic E-state index is -0.0475. The van der Waals surface area contributed by atoms with Gasteiger partial charge in [-0.15, -0.1) is 5.10 Å². The molecule has 1 aromatic heterocycles. The lowest BCUT2D eigenvalue weighted by Gasteiger charge is -2.19. The Kier molecular flexibility index (Phi) is 11.8. The zero-order chi connectivity index (χ0) is 25.0. The third-order valence-corrected chi connectivity index (χ3v) is 6.17. The molecular formula is C29H47N3O2. The third kappa shape index (κ3) is 9.60. The highest BCUT2D eigenvalue weighted by Gasteiger charge is 2.20. The molecule has 2 rings (SSSR count). The molecule has 0 amide bonds. The Labute approximate surface area is 207 Å². The van der Waals surface area contributed by atoms with Crippen molar-refractivity contribution in [3.8, 4) is 17.4 Å². The van der Waals surface area contributed by atoms with Gasteiger partial charge in [0, 0.05) is 12.0 Å². The van der Waals surface area contributed by atoms with Crippen molar-refractivity contribution in [3.63, 3.8) is 0 Å². The summed E-state index contributed by atoms with van der Waals surface area (Å²) in [6, 6.07) is 8.51. The topological polar surface area (TPSA) is 57.0 Å². The van der Waals surface area contributed by atoms with Gasteiger partial charge < -0.3 is 4.74 Å². The second-order valence-corrected chi connectivity index (χ2v) is 10.8. The molecule has 0 radical (unpaired) electrons. The van der Waals surface area contributed by atoms with E-state index in [1.165, 1.54) is 68.0 Å². The van der Waals surface area contributed by atoms with E-state index < -0.39 is 0 Å². The smallest absolute Gasteiger partial charge is 0.336 e. The van der Waals surface area contributed by atoms with Crippen LogP contribution in [0.15, 0.2) is 24.3 Å². The summed E-state index contributed by atoms with van der Waals surface area (Å²) >= 11 is 0. The maximum absolute atomic E-state index is 13.0. The summed E-state index contributed by atoms with van der Waals surface area (Å²) in [6.45, 7) is 12.7. The van der Waals surface area contributed by atoms with Gasteiger partial charge in [-0.2, -0.15) is 9.67 Å². The Bertz CT molecular complexity index is 847. The third-order valence-electron chi connectivity index (χ3n) is 6.17. The Morgan fingerprint density at radius 1 is 0.882 bits per heavy atom. The second kappa shape index (κ2) is 14.3. The van der Waals surface area contributed by atoms with E-state index in [1.807, 2.05) is 26.0 Å². The van der Waals surface area contributed by atoms with Crippen molar-refractivity contribution in [1.29, 1.82) is 0 Å². The SMILES string of the molecule is CCCCCCCCCCCCCC(=O)n1nc(OC(C)C)nc1-c1ccc(C(C)(C)C)cc1. The maximum Gasteiger partial charge on any atom is 0.336 e. The first kappa shape index (κ1) is 28.1. The van der Waals surface area contributed by atoms with Crippen LogP contribution in [0.4, 0.5) is 0 Å². The Morgan fingerprint density at radius 3 is 1.91 bits per heavy atom. The zero-order valence-corrected chi connectivity index (χ0v) is 22.5. The minimum absolute atomic E-state index is 0.0167. The largest absolute Gasteiger partial charge is 0.460 e. The first-order valence-electron chi connectivity index (χ1n) is 13.5. The molecule has 2 aromatic rings. The van der Waals surface area contributed by atoms with Gasteiger partial charge in [-0.1, -0.05) is 116 Å². The zero-order valence-electron chi connectivity index (χ0n) is 22.5. The lowest BCUT2D eigenvalue weighted by atomic mass is 9.87. The summed E-state index contributed by atoms with van der Waals surface area (Å²) in [4.78, 5) is 17.6. The average Bonchev–Trinajstić information content (AvgIpc) is 3.20. The number of unbranched alkanes of at least 4 members (excludes halogenated alkanes) is 10. The molecule has 1 aromatic carbocycles. The molecule has 0 saturated carbocycles. The molecule has 0 aliphatic heterocycles. The summed E-state index contributed by atoms with van der Waals surface area (Å²) in [7, 11) is 0. The fourth-order valence-electron chi connectivity index (χ4n) is 4.08. The summed E-state index contributed by atoms with van der Waals surface area (Å²) in [6.07, 6.45) is 14.3. The molecule has 0 saturated heterocycles. The van der Waals surface area contributed by atoms with Gasteiger partial charge in [-0.25, -0.2) is 0 Å². The normalized spacial score (nSPS) is 11.9. The first-order chi connectivity index (χ1) is 16.2. The summed E-state index contributed by atoms with van der Waals surface area (Å²) in [5, 5.41) is 4.40. The van der Waals surface area contributed by atoms with Crippen molar-refractivity contribution in [2.75, 3.05) is 0 Å². The molecule has 0 bridgehead atoms. The number of hydrogen-bond donors (Lipinski definition) is 0.